The number of hydrogen-bond acceptors (Lipinski definition) is 5. The predicted octanol–water partition coefficient (Wildman–Crippen LogP) is 0.732. The zero-order valence-electron chi connectivity index (χ0n) is 8.65. The third-order valence-electron chi connectivity index (χ3n) is 2.04. The maximum Gasteiger partial charge on any atom is 0.161 e. The number of ether oxygens (including phenoxy) is 2. The highest BCUT2D eigenvalue weighted by molar-refractivity contribution is 5.44. The Bertz CT molecular complexity index is 373. The van der Waals surface area contributed by atoms with Gasteiger partial charge in [-0.1, -0.05) is 6.07 Å². The molecule has 0 aliphatic carbocycles. The van der Waals surface area contributed by atoms with Crippen LogP contribution in [0.1, 0.15) is 11.6 Å². The smallest absolute Gasteiger partial charge is 0.161 e. The van der Waals surface area contributed by atoms with Crippen LogP contribution in [0.5, 0.6) is 11.5 Å². The second kappa shape index (κ2) is 5.20. The van der Waals surface area contributed by atoms with Gasteiger partial charge in [-0.15, -0.1) is 0 Å². The van der Waals surface area contributed by atoms with E-state index in [4.69, 9.17) is 20.6 Å². The van der Waals surface area contributed by atoms with Crippen LogP contribution < -0.4 is 20.7 Å². The molecule has 0 radical (unpaired) electrons. The van der Waals surface area contributed by atoms with Crippen molar-refractivity contribution >= 4 is 0 Å². The number of rotatable bonds is 4. The topological polar surface area (TPSA) is 80.3 Å². The molecule has 5 heteroatoms. The summed E-state index contributed by atoms with van der Waals surface area (Å²) in [5, 5.41) is 8.80. The highest BCUT2D eigenvalue weighted by Gasteiger charge is 2.11. The fraction of sp³-hybridized carbons (Fsp3) is 0.300. The predicted molar refractivity (Wildman–Crippen MR) is 55.2 cm³/mol. The van der Waals surface area contributed by atoms with Gasteiger partial charge in [0, 0.05) is 0 Å². The zero-order chi connectivity index (χ0) is 11.3. The molecule has 0 spiro atoms. The van der Waals surface area contributed by atoms with E-state index in [1.807, 2.05) is 6.07 Å². The Morgan fingerprint density at radius 1 is 1.33 bits per heavy atom. The molecule has 1 rings (SSSR count). The average Bonchev–Trinajstić information content (AvgIpc) is 2.30. The molecule has 80 valence electrons. The first kappa shape index (κ1) is 11.3. The van der Waals surface area contributed by atoms with E-state index in [1.54, 1.807) is 32.4 Å². The van der Waals surface area contributed by atoms with Gasteiger partial charge in [-0.05, 0) is 17.7 Å². The summed E-state index contributed by atoms with van der Waals surface area (Å²) in [7, 11) is 3.10. The van der Waals surface area contributed by atoms with Gasteiger partial charge in [0.25, 0.3) is 0 Å². The lowest BCUT2D eigenvalue weighted by atomic mass is 10.1. The standard InChI is InChI=1S/C10H13N3O2/c1-14-9-4-3-7(5-10(9)15-2)8(6-11)13-12/h3-5,8,13H,12H2,1-2H3. The zero-order valence-corrected chi connectivity index (χ0v) is 8.65. The van der Waals surface area contributed by atoms with Gasteiger partial charge in [0.1, 0.15) is 6.04 Å². The van der Waals surface area contributed by atoms with Gasteiger partial charge in [-0.25, -0.2) is 5.43 Å². The van der Waals surface area contributed by atoms with Crippen molar-refractivity contribution in [2.45, 2.75) is 6.04 Å². The van der Waals surface area contributed by atoms with Crippen LogP contribution in [0.4, 0.5) is 0 Å². The van der Waals surface area contributed by atoms with Gasteiger partial charge >= 0.3 is 0 Å². The molecular weight excluding hydrogens is 194 g/mol. The summed E-state index contributed by atoms with van der Waals surface area (Å²) in [6.45, 7) is 0. The van der Waals surface area contributed by atoms with E-state index in [0.29, 0.717) is 11.5 Å². The molecule has 1 unspecified atom stereocenters. The highest BCUT2D eigenvalue weighted by atomic mass is 16.5. The Kier molecular flexibility index (Phi) is 3.92. The van der Waals surface area contributed by atoms with Crippen LogP contribution >= 0.6 is 0 Å². The van der Waals surface area contributed by atoms with Crippen molar-refractivity contribution in [3.63, 3.8) is 0 Å². The lowest BCUT2D eigenvalue weighted by Gasteiger charge is -2.12. The Balaban J connectivity index is 3.08. The van der Waals surface area contributed by atoms with Gasteiger partial charge in [-0.2, -0.15) is 5.26 Å². The van der Waals surface area contributed by atoms with Crippen LogP contribution in [0.15, 0.2) is 18.2 Å². The van der Waals surface area contributed by atoms with E-state index in [0.717, 1.165) is 5.56 Å². The molecule has 3 N–H and O–H groups in total. The number of nitrogens with one attached hydrogen (secondary N) is 1. The van der Waals surface area contributed by atoms with Crippen molar-refractivity contribution in [2.75, 3.05) is 14.2 Å². The third kappa shape index (κ3) is 2.37. The maximum absolute atomic E-state index is 8.80. The number of nitrogens with two attached hydrogens (primary N) is 1. The summed E-state index contributed by atoms with van der Waals surface area (Å²) in [6.07, 6.45) is 0. The van der Waals surface area contributed by atoms with Crippen LogP contribution in [0.25, 0.3) is 0 Å². The van der Waals surface area contributed by atoms with Crippen molar-refractivity contribution in [2.24, 2.45) is 5.84 Å². The van der Waals surface area contributed by atoms with E-state index in [1.165, 1.54) is 0 Å². The van der Waals surface area contributed by atoms with Gasteiger partial charge < -0.3 is 9.47 Å². The van der Waals surface area contributed by atoms with Gasteiger partial charge in [0.05, 0.1) is 20.3 Å². The molecule has 5 nitrogen and oxygen atoms in total. The Morgan fingerprint density at radius 2 is 2.00 bits per heavy atom. The molecule has 0 fully saturated rings. The molecule has 1 atom stereocenters. The number of hydrogen-bond donors (Lipinski definition) is 2. The molecular formula is C10H13N3O2. The van der Waals surface area contributed by atoms with Gasteiger partial charge in [-0.3, -0.25) is 5.84 Å². The summed E-state index contributed by atoms with van der Waals surface area (Å²) >= 11 is 0. The SMILES string of the molecule is COc1ccc(C(C#N)NN)cc1OC. The molecule has 0 aromatic heterocycles. The fourth-order valence-corrected chi connectivity index (χ4v) is 1.24. The molecule has 1 aromatic carbocycles. The average molecular weight is 207 g/mol. The van der Waals surface area contributed by atoms with Crippen molar-refractivity contribution in [3.05, 3.63) is 23.8 Å². The van der Waals surface area contributed by atoms with E-state index in [9.17, 15) is 0 Å². The van der Waals surface area contributed by atoms with E-state index in [2.05, 4.69) is 5.43 Å². The van der Waals surface area contributed by atoms with Crippen LogP contribution in [-0.2, 0) is 0 Å². The second-order valence-corrected chi connectivity index (χ2v) is 2.84. The maximum atomic E-state index is 8.80. The largest absolute Gasteiger partial charge is 0.493 e. The van der Waals surface area contributed by atoms with Crippen molar-refractivity contribution in [3.8, 4) is 17.6 Å². The first-order valence-electron chi connectivity index (χ1n) is 4.34. The van der Waals surface area contributed by atoms with Crippen LogP contribution in [0.3, 0.4) is 0 Å². The number of nitrogens with zero attached hydrogens (tertiary/aromatic N) is 1. The monoisotopic (exact) mass is 207 g/mol. The fourth-order valence-electron chi connectivity index (χ4n) is 1.24. The number of hydrazine groups is 1. The minimum atomic E-state index is -0.551. The van der Waals surface area contributed by atoms with Gasteiger partial charge in [0.15, 0.2) is 11.5 Å². The minimum Gasteiger partial charge on any atom is -0.493 e. The normalized spacial score (nSPS) is 11.6. The van der Waals surface area contributed by atoms with E-state index < -0.39 is 6.04 Å². The van der Waals surface area contributed by atoms with Crippen molar-refractivity contribution in [1.29, 1.82) is 5.26 Å². The molecule has 0 bridgehead atoms. The number of benzene rings is 1. The molecule has 0 aliphatic rings. The minimum absolute atomic E-state index is 0.551. The van der Waals surface area contributed by atoms with Crippen molar-refractivity contribution in [1.82, 2.24) is 5.43 Å². The molecule has 0 saturated carbocycles. The first-order chi connectivity index (χ1) is 7.26. The van der Waals surface area contributed by atoms with Gasteiger partial charge in [0.2, 0.25) is 0 Å². The third-order valence-corrected chi connectivity index (χ3v) is 2.04. The highest BCUT2D eigenvalue weighted by Crippen LogP contribution is 2.29. The second-order valence-electron chi connectivity index (χ2n) is 2.84. The van der Waals surface area contributed by atoms with E-state index >= 15 is 0 Å². The lowest BCUT2D eigenvalue weighted by Crippen LogP contribution is -2.26. The molecule has 15 heavy (non-hydrogen) atoms. The lowest BCUT2D eigenvalue weighted by molar-refractivity contribution is 0.354. The summed E-state index contributed by atoms with van der Waals surface area (Å²) in [5.41, 5.74) is 3.13. The number of methoxy groups -OCH3 is 2. The summed E-state index contributed by atoms with van der Waals surface area (Å²) < 4.78 is 10.2. The van der Waals surface area contributed by atoms with Crippen LogP contribution in [-0.4, -0.2) is 14.2 Å². The summed E-state index contributed by atoms with van der Waals surface area (Å²) in [4.78, 5) is 0. The first-order valence-corrected chi connectivity index (χ1v) is 4.34. The van der Waals surface area contributed by atoms with Crippen LogP contribution in [0, 0.1) is 11.3 Å². The summed E-state index contributed by atoms with van der Waals surface area (Å²) in [6, 6.07) is 6.68. The Labute approximate surface area is 88.4 Å². The number of nitriles is 1. The quantitative estimate of drug-likeness (QED) is 0.562. The molecule has 0 heterocycles. The summed E-state index contributed by atoms with van der Waals surface area (Å²) in [5.74, 6) is 6.43. The Hall–Kier alpha value is -1.77. The molecule has 0 saturated heterocycles. The van der Waals surface area contributed by atoms with Crippen molar-refractivity contribution < 1.29 is 9.47 Å². The molecule has 1 aromatic rings. The van der Waals surface area contributed by atoms with E-state index in [-0.39, 0.29) is 0 Å². The van der Waals surface area contributed by atoms with Crippen LogP contribution in [0.2, 0.25) is 0 Å². The molecule has 0 amide bonds. The Morgan fingerprint density at radius 3 is 2.47 bits per heavy atom. The molecule has 0 aliphatic heterocycles.